The smallest absolute Gasteiger partial charge is 0.120 e. The van der Waals surface area contributed by atoms with Crippen LogP contribution in [-0.2, 0) is 0 Å². The number of nitrogens with one attached hydrogen (secondary N) is 1. The van der Waals surface area contributed by atoms with Gasteiger partial charge in [0, 0.05) is 4.90 Å². The Hall–Kier alpha value is -2.37. The van der Waals surface area contributed by atoms with Crippen LogP contribution in [0.3, 0.4) is 0 Å². The molecule has 2 heterocycles. The highest BCUT2D eigenvalue weighted by Crippen LogP contribution is 2.46. The van der Waals surface area contributed by atoms with Crippen molar-refractivity contribution in [3.05, 3.63) is 76.5 Å². The second-order valence-electron chi connectivity index (χ2n) is 6.09. The normalized spacial score (nSPS) is 15.9. The Morgan fingerprint density at radius 3 is 2.56 bits per heavy atom. The maximum atomic E-state index is 5.71. The van der Waals surface area contributed by atoms with Crippen LogP contribution in [0.2, 0.25) is 0 Å². The molecule has 1 atom stereocenters. The summed E-state index contributed by atoms with van der Waals surface area (Å²) in [5, 5.41) is 5.93. The Bertz CT molecular complexity index is 933. The van der Waals surface area contributed by atoms with Gasteiger partial charge in [-0.3, -0.25) is 0 Å². The fourth-order valence-corrected chi connectivity index (χ4v) is 4.91. The van der Waals surface area contributed by atoms with Crippen LogP contribution in [-0.4, -0.2) is 13.7 Å². The first-order valence-corrected chi connectivity index (χ1v) is 10.6. The molecule has 0 saturated heterocycles. The number of rotatable bonds is 5. The van der Waals surface area contributed by atoms with Crippen molar-refractivity contribution in [2.75, 3.05) is 19.0 Å². The van der Waals surface area contributed by atoms with Gasteiger partial charge < -0.3 is 14.8 Å². The molecule has 1 N–H and O–H groups in total. The zero-order valence-electron chi connectivity index (χ0n) is 15.3. The Balaban J connectivity index is 1.75. The largest absolute Gasteiger partial charge is 0.497 e. The molecule has 0 radical (unpaired) electrons. The third-order valence-electron chi connectivity index (χ3n) is 4.34. The van der Waals surface area contributed by atoms with Crippen molar-refractivity contribution >= 4 is 34.5 Å². The van der Waals surface area contributed by atoms with E-state index in [1.54, 1.807) is 18.4 Å². The molecule has 5 heteroatoms. The Morgan fingerprint density at radius 2 is 1.85 bits per heavy atom. The number of fused-ring (bicyclic) bond motifs is 1. The summed E-state index contributed by atoms with van der Waals surface area (Å²) in [6.45, 7) is 2.67. The number of benzene rings is 2. The lowest BCUT2D eigenvalue weighted by molar-refractivity contribution is 0.339. The lowest BCUT2D eigenvalue weighted by Crippen LogP contribution is -1.98. The van der Waals surface area contributed by atoms with Gasteiger partial charge in [0.05, 0.1) is 35.2 Å². The molecule has 1 aromatic heterocycles. The average Bonchev–Trinajstić information content (AvgIpc) is 3.17. The zero-order valence-corrected chi connectivity index (χ0v) is 16.9. The van der Waals surface area contributed by atoms with Crippen molar-refractivity contribution in [2.45, 2.75) is 17.1 Å². The lowest BCUT2D eigenvalue weighted by Gasteiger charge is -2.14. The van der Waals surface area contributed by atoms with Gasteiger partial charge in [0.1, 0.15) is 11.5 Å². The van der Waals surface area contributed by atoms with Crippen molar-refractivity contribution in [3.63, 3.8) is 0 Å². The van der Waals surface area contributed by atoms with E-state index < -0.39 is 0 Å². The third-order valence-corrected chi connectivity index (χ3v) is 6.49. The minimum absolute atomic E-state index is 0.193. The van der Waals surface area contributed by atoms with E-state index in [2.05, 4.69) is 53.2 Å². The molecule has 0 bridgehead atoms. The number of methoxy groups -OCH3 is 1. The molecule has 1 aliphatic rings. The van der Waals surface area contributed by atoms with Crippen LogP contribution in [0.1, 0.15) is 22.6 Å². The molecule has 0 spiro atoms. The molecule has 0 amide bonds. The van der Waals surface area contributed by atoms with Gasteiger partial charge in [0.2, 0.25) is 0 Å². The van der Waals surface area contributed by atoms with E-state index in [9.17, 15) is 0 Å². The molecule has 4 rings (SSSR count). The lowest BCUT2D eigenvalue weighted by atomic mass is 10.1. The summed E-state index contributed by atoms with van der Waals surface area (Å²) in [7, 11) is 1.69. The number of hydrogen-bond acceptors (Lipinski definition) is 5. The van der Waals surface area contributed by atoms with Crippen LogP contribution in [0.25, 0.3) is 5.70 Å². The molecule has 3 nitrogen and oxygen atoms in total. The van der Waals surface area contributed by atoms with E-state index in [4.69, 9.17) is 9.47 Å². The molecule has 1 unspecified atom stereocenters. The van der Waals surface area contributed by atoms with E-state index in [1.165, 1.54) is 15.3 Å². The predicted molar refractivity (Wildman–Crippen MR) is 115 cm³/mol. The summed E-state index contributed by atoms with van der Waals surface area (Å²) >= 11 is 3.57. The first-order chi connectivity index (χ1) is 13.3. The molecule has 0 aliphatic carbocycles. The fraction of sp³-hybridized carbons (Fsp3) is 0.182. The van der Waals surface area contributed by atoms with Gasteiger partial charge in [-0.25, -0.2) is 0 Å². The topological polar surface area (TPSA) is 30.5 Å². The van der Waals surface area contributed by atoms with Gasteiger partial charge in [-0.2, -0.15) is 0 Å². The predicted octanol–water partition coefficient (Wildman–Crippen LogP) is 6.46. The van der Waals surface area contributed by atoms with Gasteiger partial charge >= 0.3 is 0 Å². The van der Waals surface area contributed by atoms with Crippen molar-refractivity contribution in [1.82, 2.24) is 0 Å². The van der Waals surface area contributed by atoms with Crippen LogP contribution < -0.4 is 14.8 Å². The molecular weight excluding hydrogens is 374 g/mol. The summed E-state index contributed by atoms with van der Waals surface area (Å²) in [4.78, 5) is 2.42. The summed E-state index contributed by atoms with van der Waals surface area (Å²) in [5.74, 6) is 1.77. The van der Waals surface area contributed by atoms with Crippen LogP contribution in [0.15, 0.2) is 70.9 Å². The zero-order chi connectivity index (χ0) is 18.6. The number of thiophene rings is 1. The summed E-state index contributed by atoms with van der Waals surface area (Å²) in [6, 6.07) is 18.8. The number of thioether (sulfide) groups is 1. The van der Waals surface area contributed by atoms with E-state index in [-0.39, 0.29) is 5.25 Å². The highest BCUT2D eigenvalue weighted by Gasteiger charge is 2.21. The monoisotopic (exact) mass is 395 g/mol. The summed E-state index contributed by atoms with van der Waals surface area (Å²) in [5.41, 5.74) is 3.49. The van der Waals surface area contributed by atoms with Gasteiger partial charge in [-0.05, 0) is 60.3 Å². The maximum absolute atomic E-state index is 5.71. The Morgan fingerprint density at radius 1 is 1.04 bits per heavy atom. The Kier molecular flexibility index (Phi) is 5.41. The van der Waals surface area contributed by atoms with Crippen LogP contribution in [0, 0.1) is 0 Å². The quantitative estimate of drug-likeness (QED) is 0.537. The first-order valence-electron chi connectivity index (χ1n) is 8.87. The van der Waals surface area contributed by atoms with Gasteiger partial charge in [0.15, 0.2) is 0 Å². The highest BCUT2D eigenvalue weighted by atomic mass is 32.2. The van der Waals surface area contributed by atoms with Gasteiger partial charge in [0.25, 0.3) is 0 Å². The molecule has 1 aliphatic heterocycles. The summed E-state index contributed by atoms with van der Waals surface area (Å²) in [6.07, 6.45) is 2.30. The number of anilines is 1. The van der Waals surface area contributed by atoms with Crippen LogP contribution in [0.4, 0.5) is 5.69 Å². The van der Waals surface area contributed by atoms with Crippen molar-refractivity contribution in [2.24, 2.45) is 0 Å². The second-order valence-corrected chi connectivity index (χ2v) is 8.22. The molecule has 3 aromatic rings. The SMILES string of the molecule is CCOc1ccc2c(c1)SC(c1ccc(OC)cc1)C=C(c1cccs1)N2. The average molecular weight is 396 g/mol. The number of ether oxygens (including phenoxy) is 2. The summed E-state index contributed by atoms with van der Waals surface area (Å²) < 4.78 is 11.0. The third kappa shape index (κ3) is 3.99. The molecule has 0 saturated carbocycles. The Labute approximate surface area is 168 Å². The van der Waals surface area contributed by atoms with Crippen molar-refractivity contribution in [3.8, 4) is 11.5 Å². The molecule has 138 valence electrons. The van der Waals surface area contributed by atoms with Crippen LogP contribution in [0.5, 0.6) is 11.5 Å². The minimum atomic E-state index is 0.193. The molecule has 0 fully saturated rings. The van der Waals surface area contributed by atoms with E-state index in [0.717, 1.165) is 22.9 Å². The van der Waals surface area contributed by atoms with Gasteiger partial charge in [-0.1, -0.05) is 18.2 Å². The van der Waals surface area contributed by atoms with Crippen molar-refractivity contribution in [1.29, 1.82) is 0 Å². The fourth-order valence-electron chi connectivity index (χ4n) is 3.00. The number of hydrogen-bond donors (Lipinski definition) is 1. The molecular formula is C22H21NO2S2. The standard InChI is InChI=1S/C22H21NO2S2/c1-3-25-17-10-11-18-22(13-17)27-21(15-6-8-16(24-2)9-7-15)14-19(23-18)20-5-4-12-26-20/h4-14,21,23H,3H2,1-2H3. The van der Waals surface area contributed by atoms with E-state index in [0.29, 0.717) is 6.61 Å². The van der Waals surface area contributed by atoms with E-state index in [1.807, 2.05) is 36.9 Å². The second kappa shape index (κ2) is 8.11. The first kappa shape index (κ1) is 18.0. The maximum Gasteiger partial charge on any atom is 0.120 e. The molecule has 2 aromatic carbocycles. The van der Waals surface area contributed by atoms with E-state index >= 15 is 0 Å². The highest BCUT2D eigenvalue weighted by molar-refractivity contribution is 7.99. The van der Waals surface area contributed by atoms with Crippen molar-refractivity contribution < 1.29 is 9.47 Å². The molecule has 27 heavy (non-hydrogen) atoms. The van der Waals surface area contributed by atoms with Crippen LogP contribution >= 0.6 is 23.1 Å². The van der Waals surface area contributed by atoms with Gasteiger partial charge in [-0.15, -0.1) is 23.1 Å². The minimum Gasteiger partial charge on any atom is -0.497 e.